The van der Waals surface area contributed by atoms with E-state index in [-0.39, 0.29) is 17.1 Å². The van der Waals surface area contributed by atoms with Crippen molar-refractivity contribution in [3.05, 3.63) is 53.6 Å². The molecule has 0 aliphatic heterocycles. The van der Waals surface area contributed by atoms with Crippen LogP contribution in [-0.4, -0.2) is 32.2 Å². The SMILES string of the molecule is COc1cc(C(=O)OCC(=O)Nc2cccc(C#N)c2)ccc1OC(F)F. The number of nitrogens with zero attached hydrogens (tertiary/aromatic N) is 1. The number of rotatable bonds is 7. The van der Waals surface area contributed by atoms with Crippen LogP contribution in [0.15, 0.2) is 42.5 Å². The lowest BCUT2D eigenvalue weighted by molar-refractivity contribution is -0.119. The first-order chi connectivity index (χ1) is 12.9. The summed E-state index contributed by atoms with van der Waals surface area (Å²) < 4.78 is 38.6. The van der Waals surface area contributed by atoms with E-state index in [1.807, 2.05) is 6.07 Å². The maximum Gasteiger partial charge on any atom is 0.387 e. The minimum atomic E-state index is -3.04. The number of alkyl halides is 2. The van der Waals surface area contributed by atoms with E-state index in [2.05, 4.69) is 10.1 Å². The molecule has 1 amide bonds. The first-order valence-electron chi connectivity index (χ1n) is 7.53. The number of methoxy groups -OCH3 is 1. The fourth-order valence-electron chi connectivity index (χ4n) is 2.07. The van der Waals surface area contributed by atoms with Crippen LogP contribution < -0.4 is 14.8 Å². The Morgan fingerprint density at radius 2 is 1.96 bits per heavy atom. The van der Waals surface area contributed by atoms with Crippen LogP contribution in [0.3, 0.4) is 0 Å². The van der Waals surface area contributed by atoms with Crippen molar-refractivity contribution >= 4 is 17.6 Å². The van der Waals surface area contributed by atoms with Crippen LogP contribution in [0, 0.1) is 11.3 Å². The molecule has 0 aliphatic carbocycles. The average Bonchev–Trinajstić information content (AvgIpc) is 2.66. The van der Waals surface area contributed by atoms with E-state index >= 15 is 0 Å². The van der Waals surface area contributed by atoms with Gasteiger partial charge in [-0.05, 0) is 36.4 Å². The van der Waals surface area contributed by atoms with Crippen LogP contribution in [0.2, 0.25) is 0 Å². The summed E-state index contributed by atoms with van der Waals surface area (Å²) in [5.74, 6) is -1.78. The molecule has 0 heterocycles. The second kappa shape index (κ2) is 9.15. The summed E-state index contributed by atoms with van der Waals surface area (Å²) in [6.07, 6.45) is 0. The van der Waals surface area contributed by atoms with Gasteiger partial charge in [0, 0.05) is 5.69 Å². The van der Waals surface area contributed by atoms with Crippen molar-refractivity contribution in [1.82, 2.24) is 0 Å². The summed E-state index contributed by atoms with van der Waals surface area (Å²) in [5, 5.41) is 11.3. The van der Waals surface area contributed by atoms with E-state index in [0.717, 1.165) is 12.1 Å². The molecular formula is C18H14F2N2O5. The fraction of sp³-hybridized carbons (Fsp3) is 0.167. The molecule has 27 heavy (non-hydrogen) atoms. The molecule has 2 aromatic carbocycles. The molecule has 0 saturated carbocycles. The summed E-state index contributed by atoms with van der Waals surface area (Å²) in [4.78, 5) is 23.9. The lowest BCUT2D eigenvalue weighted by Crippen LogP contribution is -2.21. The van der Waals surface area contributed by atoms with Gasteiger partial charge < -0.3 is 19.5 Å². The van der Waals surface area contributed by atoms with E-state index in [0.29, 0.717) is 11.3 Å². The van der Waals surface area contributed by atoms with E-state index in [4.69, 9.17) is 14.7 Å². The number of halogens is 2. The molecular weight excluding hydrogens is 362 g/mol. The topological polar surface area (TPSA) is 97.6 Å². The molecule has 0 spiro atoms. The Balaban J connectivity index is 1.96. The second-order valence-electron chi connectivity index (χ2n) is 5.06. The first-order valence-corrected chi connectivity index (χ1v) is 7.53. The first kappa shape index (κ1) is 19.7. The van der Waals surface area contributed by atoms with Crippen LogP contribution in [0.1, 0.15) is 15.9 Å². The van der Waals surface area contributed by atoms with Gasteiger partial charge in [0.05, 0.1) is 24.3 Å². The van der Waals surface area contributed by atoms with Crippen molar-refractivity contribution in [3.63, 3.8) is 0 Å². The summed E-state index contributed by atoms with van der Waals surface area (Å²) in [5.41, 5.74) is 0.737. The number of amides is 1. The number of benzene rings is 2. The predicted molar refractivity (Wildman–Crippen MR) is 89.7 cm³/mol. The Morgan fingerprint density at radius 3 is 2.63 bits per heavy atom. The van der Waals surface area contributed by atoms with Gasteiger partial charge in [0.1, 0.15) is 0 Å². The Labute approximate surface area is 153 Å². The van der Waals surface area contributed by atoms with Gasteiger partial charge in [0.25, 0.3) is 5.91 Å². The summed E-state index contributed by atoms with van der Waals surface area (Å²) in [6.45, 7) is -3.62. The van der Waals surface area contributed by atoms with Crippen LogP contribution in [0.25, 0.3) is 0 Å². The Morgan fingerprint density at radius 1 is 1.19 bits per heavy atom. The Kier molecular flexibility index (Phi) is 6.66. The van der Waals surface area contributed by atoms with E-state index in [1.165, 1.54) is 19.2 Å². The third-order valence-electron chi connectivity index (χ3n) is 3.23. The van der Waals surface area contributed by atoms with Gasteiger partial charge >= 0.3 is 12.6 Å². The minimum absolute atomic E-state index is 0.00672. The lowest BCUT2D eigenvalue weighted by atomic mass is 10.2. The monoisotopic (exact) mass is 376 g/mol. The van der Waals surface area contributed by atoms with Gasteiger partial charge in [-0.15, -0.1) is 0 Å². The van der Waals surface area contributed by atoms with Crippen LogP contribution in [0.5, 0.6) is 11.5 Å². The van der Waals surface area contributed by atoms with Gasteiger partial charge in [-0.3, -0.25) is 4.79 Å². The van der Waals surface area contributed by atoms with Gasteiger partial charge in [-0.1, -0.05) is 6.07 Å². The average molecular weight is 376 g/mol. The molecule has 0 unspecified atom stereocenters. The number of ether oxygens (including phenoxy) is 3. The molecule has 0 aromatic heterocycles. The number of carbonyl (C=O) groups excluding carboxylic acids is 2. The van der Waals surface area contributed by atoms with Crippen molar-refractivity contribution < 1.29 is 32.6 Å². The minimum Gasteiger partial charge on any atom is -0.493 e. The molecule has 0 fully saturated rings. The molecule has 1 N–H and O–H groups in total. The molecule has 0 saturated heterocycles. The highest BCUT2D eigenvalue weighted by atomic mass is 19.3. The van der Waals surface area contributed by atoms with E-state index < -0.39 is 25.1 Å². The third-order valence-corrected chi connectivity index (χ3v) is 3.23. The van der Waals surface area contributed by atoms with Gasteiger partial charge in [-0.25, -0.2) is 4.79 Å². The highest BCUT2D eigenvalue weighted by Gasteiger charge is 2.16. The van der Waals surface area contributed by atoms with Gasteiger partial charge in [0.2, 0.25) is 0 Å². The van der Waals surface area contributed by atoms with Gasteiger partial charge in [-0.2, -0.15) is 14.0 Å². The molecule has 140 valence electrons. The standard InChI is InChI=1S/C18H14F2N2O5/c1-25-15-8-12(5-6-14(15)27-18(19)20)17(24)26-10-16(23)22-13-4-2-3-11(7-13)9-21/h2-8,18H,10H2,1H3,(H,22,23). The molecule has 0 radical (unpaired) electrons. The summed E-state index contributed by atoms with van der Waals surface area (Å²) in [7, 11) is 1.23. The van der Waals surface area contributed by atoms with Crippen LogP contribution in [0.4, 0.5) is 14.5 Å². The molecule has 2 aromatic rings. The highest BCUT2D eigenvalue weighted by Crippen LogP contribution is 2.29. The zero-order chi connectivity index (χ0) is 19.8. The summed E-state index contributed by atoms with van der Waals surface area (Å²) >= 11 is 0. The maximum atomic E-state index is 12.3. The normalized spacial score (nSPS) is 10.0. The fourth-order valence-corrected chi connectivity index (χ4v) is 2.07. The lowest BCUT2D eigenvalue weighted by Gasteiger charge is -2.11. The smallest absolute Gasteiger partial charge is 0.387 e. The quantitative estimate of drug-likeness (QED) is 0.746. The number of hydrogen-bond acceptors (Lipinski definition) is 6. The zero-order valence-corrected chi connectivity index (χ0v) is 14.1. The number of esters is 1. The Hall–Kier alpha value is -3.67. The number of nitrogens with one attached hydrogen (secondary N) is 1. The molecule has 0 aliphatic rings. The summed E-state index contributed by atoms with van der Waals surface area (Å²) in [6, 6.07) is 11.6. The molecule has 0 bridgehead atoms. The van der Waals surface area contributed by atoms with Crippen molar-refractivity contribution in [2.45, 2.75) is 6.61 Å². The number of anilines is 1. The van der Waals surface area contributed by atoms with Crippen LogP contribution >= 0.6 is 0 Å². The molecule has 2 rings (SSSR count). The third kappa shape index (κ3) is 5.67. The predicted octanol–water partition coefficient (Wildman–Crippen LogP) is 2.96. The molecule has 9 heteroatoms. The number of nitriles is 1. The highest BCUT2D eigenvalue weighted by molar-refractivity contribution is 5.95. The largest absolute Gasteiger partial charge is 0.493 e. The molecule has 0 atom stereocenters. The van der Waals surface area contributed by atoms with Crippen molar-refractivity contribution in [3.8, 4) is 17.6 Å². The number of hydrogen-bond donors (Lipinski definition) is 1. The van der Waals surface area contributed by atoms with Crippen molar-refractivity contribution in [1.29, 1.82) is 5.26 Å². The Bertz CT molecular complexity index is 880. The number of carbonyl (C=O) groups is 2. The molecule has 7 nitrogen and oxygen atoms in total. The van der Waals surface area contributed by atoms with Gasteiger partial charge in [0.15, 0.2) is 18.1 Å². The zero-order valence-electron chi connectivity index (χ0n) is 14.1. The van der Waals surface area contributed by atoms with Crippen molar-refractivity contribution in [2.75, 3.05) is 19.0 Å². The van der Waals surface area contributed by atoms with Crippen molar-refractivity contribution in [2.24, 2.45) is 0 Å². The maximum absolute atomic E-state index is 12.3. The van der Waals surface area contributed by atoms with Crippen LogP contribution in [-0.2, 0) is 9.53 Å². The second-order valence-corrected chi connectivity index (χ2v) is 5.06. The van der Waals surface area contributed by atoms with E-state index in [1.54, 1.807) is 18.2 Å². The van der Waals surface area contributed by atoms with E-state index in [9.17, 15) is 18.4 Å².